The molecule has 4 nitrogen and oxygen atoms in total. The molecule has 0 bridgehead atoms. The molecule has 1 rings (SSSR count). The Morgan fingerprint density at radius 3 is 2.69 bits per heavy atom. The Hall–Kier alpha value is -0.870. The highest BCUT2D eigenvalue weighted by molar-refractivity contribution is 5.87. The largest absolute Gasteiger partial charge is 0.427 e. The predicted molar refractivity (Wildman–Crippen MR) is 59.9 cm³/mol. The summed E-state index contributed by atoms with van der Waals surface area (Å²) in [5.41, 5.74) is 0.360. The lowest BCUT2D eigenvalue weighted by atomic mass is 10.1. The lowest BCUT2D eigenvalue weighted by Gasteiger charge is -2.36. The van der Waals surface area contributed by atoms with E-state index in [1.807, 2.05) is 6.92 Å². The first kappa shape index (κ1) is 13.2. The maximum Gasteiger partial charge on any atom is 0.335 e. The van der Waals surface area contributed by atoms with Gasteiger partial charge in [0, 0.05) is 19.1 Å². The van der Waals surface area contributed by atoms with E-state index in [0.29, 0.717) is 18.8 Å². The summed E-state index contributed by atoms with van der Waals surface area (Å²) in [5.74, 6) is -1.46. The molecule has 0 amide bonds. The summed E-state index contributed by atoms with van der Waals surface area (Å²) in [4.78, 5) is 11.5. The van der Waals surface area contributed by atoms with Gasteiger partial charge in [0.05, 0.1) is 6.61 Å². The number of carbonyl (C=O) groups is 1. The molecule has 0 saturated carbocycles. The molecule has 0 aromatic rings. The van der Waals surface area contributed by atoms with Crippen LogP contribution in [0.2, 0.25) is 0 Å². The molecule has 0 aromatic heterocycles. The van der Waals surface area contributed by atoms with Crippen LogP contribution < -0.4 is 0 Å². The second kappa shape index (κ2) is 5.46. The van der Waals surface area contributed by atoms with Crippen LogP contribution in [0.25, 0.3) is 0 Å². The first-order valence-electron chi connectivity index (χ1n) is 5.60. The summed E-state index contributed by atoms with van der Waals surface area (Å²) in [6, 6.07) is 0. The smallest absolute Gasteiger partial charge is 0.335 e. The molecular weight excluding hydrogens is 208 g/mol. The molecule has 0 spiro atoms. The Morgan fingerprint density at radius 1 is 1.44 bits per heavy atom. The van der Waals surface area contributed by atoms with Gasteiger partial charge in [0.1, 0.15) is 6.10 Å². The minimum atomic E-state index is -1.02. The van der Waals surface area contributed by atoms with E-state index in [1.54, 1.807) is 13.8 Å². The van der Waals surface area contributed by atoms with E-state index < -0.39 is 11.8 Å². The number of hydrogen-bond acceptors (Lipinski definition) is 4. The van der Waals surface area contributed by atoms with Crippen molar-refractivity contribution >= 4 is 5.97 Å². The van der Waals surface area contributed by atoms with E-state index in [2.05, 4.69) is 6.58 Å². The zero-order chi connectivity index (χ0) is 12.2. The molecule has 1 aliphatic heterocycles. The molecule has 1 heterocycles. The van der Waals surface area contributed by atoms with Crippen LogP contribution in [0.1, 0.15) is 33.6 Å². The molecule has 1 fully saturated rings. The summed E-state index contributed by atoms with van der Waals surface area (Å²) in [7, 11) is 0. The van der Waals surface area contributed by atoms with Crippen molar-refractivity contribution < 1.29 is 19.0 Å². The molecule has 4 heteroatoms. The number of carbonyl (C=O) groups excluding carboxylic acids is 1. The minimum absolute atomic E-state index is 0.281. The normalized spacial score (nSPS) is 31.3. The Balaban J connectivity index is 2.69. The van der Waals surface area contributed by atoms with Crippen LogP contribution in [0.3, 0.4) is 0 Å². The topological polar surface area (TPSA) is 44.8 Å². The van der Waals surface area contributed by atoms with Gasteiger partial charge in [0.2, 0.25) is 5.79 Å². The van der Waals surface area contributed by atoms with E-state index >= 15 is 0 Å². The second-order valence-electron chi connectivity index (χ2n) is 4.25. The highest BCUT2D eigenvalue weighted by Gasteiger charge is 2.38. The quantitative estimate of drug-likeness (QED) is 0.536. The van der Waals surface area contributed by atoms with Gasteiger partial charge in [0.25, 0.3) is 0 Å². The van der Waals surface area contributed by atoms with Crippen molar-refractivity contribution in [2.75, 3.05) is 13.2 Å². The minimum Gasteiger partial charge on any atom is -0.427 e. The van der Waals surface area contributed by atoms with Crippen LogP contribution >= 0.6 is 0 Å². The van der Waals surface area contributed by atoms with Gasteiger partial charge < -0.3 is 14.2 Å². The molecule has 0 aliphatic carbocycles. The third-order valence-electron chi connectivity index (χ3n) is 2.68. The average Bonchev–Trinajstić information content (AvgIpc) is 2.20. The van der Waals surface area contributed by atoms with Gasteiger partial charge in [-0.1, -0.05) is 6.58 Å². The zero-order valence-corrected chi connectivity index (χ0v) is 10.2. The Morgan fingerprint density at radius 2 is 2.06 bits per heavy atom. The average molecular weight is 228 g/mol. The molecule has 1 saturated heterocycles. The van der Waals surface area contributed by atoms with Crippen molar-refractivity contribution in [2.24, 2.45) is 0 Å². The Kier molecular flexibility index (Phi) is 4.50. The maximum absolute atomic E-state index is 11.5. The van der Waals surface area contributed by atoms with E-state index in [1.165, 1.54) is 0 Å². The zero-order valence-electron chi connectivity index (χ0n) is 10.2. The van der Waals surface area contributed by atoms with Gasteiger partial charge in [-0.15, -0.1) is 0 Å². The number of esters is 1. The van der Waals surface area contributed by atoms with Gasteiger partial charge in [-0.05, 0) is 26.7 Å². The summed E-state index contributed by atoms with van der Waals surface area (Å²) in [5, 5.41) is 0. The molecule has 0 radical (unpaired) electrons. The summed E-state index contributed by atoms with van der Waals surface area (Å²) in [6.45, 7) is 9.98. The lowest BCUT2D eigenvalue weighted by molar-refractivity contribution is -0.270. The molecule has 16 heavy (non-hydrogen) atoms. The summed E-state index contributed by atoms with van der Waals surface area (Å²) in [6.07, 6.45) is 1.60. The third-order valence-corrected chi connectivity index (χ3v) is 2.68. The van der Waals surface area contributed by atoms with Crippen LogP contribution in [0.5, 0.6) is 0 Å². The van der Waals surface area contributed by atoms with Crippen molar-refractivity contribution in [3.63, 3.8) is 0 Å². The van der Waals surface area contributed by atoms with Crippen molar-refractivity contribution in [1.29, 1.82) is 0 Å². The lowest BCUT2D eigenvalue weighted by Crippen LogP contribution is -2.47. The predicted octanol–water partition coefficient (Wildman–Crippen LogP) is 2.04. The third kappa shape index (κ3) is 3.32. The number of ether oxygens (including phenoxy) is 3. The first-order valence-corrected chi connectivity index (χ1v) is 5.60. The fourth-order valence-corrected chi connectivity index (χ4v) is 1.39. The fourth-order valence-electron chi connectivity index (χ4n) is 1.39. The van der Waals surface area contributed by atoms with E-state index in [-0.39, 0.29) is 6.10 Å². The standard InChI is InChI=1S/C12H20O4/c1-9(2)11(13)16-12(4)10(3)14-7-5-6-8-15-12/h10H,1,5-8H2,2-4H3. The molecular formula is C12H20O4. The van der Waals surface area contributed by atoms with E-state index in [4.69, 9.17) is 14.2 Å². The van der Waals surface area contributed by atoms with Crippen molar-refractivity contribution in [2.45, 2.75) is 45.5 Å². The number of rotatable bonds is 2. The molecule has 2 unspecified atom stereocenters. The van der Waals surface area contributed by atoms with Gasteiger partial charge in [-0.2, -0.15) is 0 Å². The number of hydrogen-bond donors (Lipinski definition) is 0. The van der Waals surface area contributed by atoms with Gasteiger partial charge in [0.15, 0.2) is 0 Å². The van der Waals surface area contributed by atoms with Crippen LogP contribution in [0.4, 0.5) is 0 Å². The van der Waals surface area contributed by atoms with Gasteiger partial charge >= 0.3 is 5.97 Å². The molecule has 0 N–H and O–H groups in total. The highest BCUT2D eigenvalue weighted by atomic mass is 16.7. The SMILES string of the molecule is C=C(C)C(=O)OC1(C)OCCCCOC1C. The molecule has 0 aromatic carbocycles. The van der Waals surface area contributed by atoms with Crippen molar-refractivity contribution in [1.82, 2.24) is 0 Å². The van der Waals surface area contributed by atoms with Crippen LogP contribution in [-0.4, -0.2) is 31.1 Å². The Labute approximate surface area is 96.6 Å². The second-order valence-corrected chi connectivity index (χ2v) is 4.25. The van der Waals surface area contributed by atoms with Crippen molar-refractivity contribution in [3.8, 4) is 0 Å². The molecule has 1 aliphatic rings. The molecule has 2 atom stereocenters. The van der Waals surface area contributed by atoms with Gasteiger partial charge in [-0.3, -0.25) is 0 Å². The molecule has 92 valence electrons. The fraction of sp³-hybridized carbons (Fsp3) is 0.750. The van der Waals surface area contributed by atoms with Gasteiger partial charge in [-0.25, -0.2) is 4.79 Å². The van der Waals surface area contributed by atoms with Crippen molar-refractivity contribution in [3.05, 3.63) is 12.2 Å². The van der Waals surface area contributed by atoms with E-state index in [9.17, 15) is 4.79 Å². The first-order chi connectivity index (χ1) is 7.46. The monoisotopic (exact) mass is 228 g/mol. The van der Waals surface area contributed by atoms with E-state index in [0.717, 1.165) is 12.8 Å². The van der Waals surface area contributed by atoms with Crippen LogP contribution in [0, 0.1) is 0 Å². The van der Waals surface area contributed by atoms with Crippen LogP contribution in [-0.2, 0) is 19.0 Å². The summed E-state index contributed by atoms with van der Waals surface area (Å²) < 4.78 is 16.4. The summed E-state index contributed by atoms with van der Waals surface area (Å²) >= 11 is 0. The Bertz CT molecular complexity index is 274. The maximum atomic E-state index is 11.5. The highest BCUT2D eigenvalue weighted by Crippen LogP contribution is 2.24. The van der Waals surface area contributed by atoms with Crippen LogP contribution in [0.15, 0.2) is 12.2 Å².